The Morgan fingerprint density at radius 3 is 2.85 bits per heavy atom. The van der Waals surface area contributed by atoms with E-state index in [1.54, 1.807) is 6.33 Å². The van der Waals surface area contributed by atoms with Crippen LogP contribution in [0.15, 0.2) is 11.3 Å². The Kier molecular flexibility index (Phi) is 8.88. The van der Waals surface area contributed by atoms with Gasteiger partial charge in [0, 0.05) is 32.1 Å². The van der Waals surface area contributed by atoms with Crippen LogP contribution in [-0.4, -0.2) is 64.4 Å². The first-order chi connectivity index (χ1) is 12.6. The first kappa shape index (κ1) is 20.7. The van der Waals surface area contributed by atoms with Crippen molar-refractivity contribution >= 4 is 5.96 Å². The molecule has 0 bridgehead atoms. The summed E-state index contributed by atoms with van der Waals surface area (Å²) in [6.45, 7) is 14.7. The normalized spacial score (nSPS) is 18.7. The number of hydrogen-bond donors (Lipinski definition) is 2. The highest BCUT2D eigenvalue weighted by molar-refractivity contribution is 5.79. The molecule has 0 aromatic carbocycles. The van der Waals surface area contributed by atoms with E-state index in [9.17, 15) is 0 Å². The maximum Gasteiger partial charge on any atom is 0.191 e. The van der Waals surface area contributed by atoms with Crippen molar-refractivity contribution in [2.45, 2.75) is 66.0 Å². The second-order valence-electron chi connectivity index (χ2n) is 7.44. The summed E-state index contributed by atoms with van der Waals surface area (Å²) < 4.78 is 2.11. The zero-order valence-electron chi connectivity index (χ0n) is 17.0. The molecule has 1 atom stereocenters. The summed E-state index contributed by atoms with van der Waals surface area (Å²) in [5.74, 6) is 2.65. The van der Waals surface area contributed by atoms with Crippen LogP contribution in [0, 0.1) is 5.92 Å². The second-order valence-corrected chi connectivity index (χ2v) is 7.44. The number of likely N-dealkylation sites (N-methyl/N-ethyl adjacent to an activating group) is 1. The molecule has 1 aliphatic rings. The number of aromatic nitrogens is 3. The van der Waals surface area contributed by atoms with E-state index >= 15 is 0 Å². The largest absolute Gasteiger partial charge is 0.356 e. The van der Waals surface area contributed by atoms with E-state index in [0.29, 0.717) is 12.0 Å². The van der Waals surface area contributed by atoms with E-state index in [1.165, 1.54) is 19.4 Å². The van der Waals surface area contributed by atoms with Crippen LogP contribution in [0.2, 0.25) is 0 Å². The Morgan fingerprint density at radius 2 is 2.12 bits per heavy atom. The van der Waals surface area contributed by atoms with Crippen LogP contribution in [0.3, 0.4) is 0 Å². The number of aryl methyl sites for hydroxylation is 1. The SMILES string of the molecule is CCc1nncn1CCNC(=NCC1CCCN1CC)NCCC(C)C. The summed E-state index contributed by atoms with van der Waals surface area (Å²) in [5.41, 5.74) is 0. The third-order valence-corrected chi connectivity index (χ3v) is 5.04. The minimum absolute atomic E-state index is 0.591. The van der Waals surface area contributed by atoms with Crippen LogP contribution in [-0.2, 0) is 13.0 Å². The lowest BCUT2D eigenvalue weighted by Gasteiger charge is -2.21. The molecule has 26 heavy (non-hydrogen) atoms. The lowest BCUT2D eigenvalue weighted by Crippen LogP contribution is -2.41. The van der Waals surface area contributed by atoms with Crippen LogP contribution in [0.25, 0.3) is 0 Å². The molecule has 1 aromatic rings. The first-order valence-electron chi connectivity index (χ1n) is 10.3. The zero-order valence-corrected chi connectivity index (χ0v) is 17.0. The minimum Gasteiger partial charge on any atom is -0.356 e. The minimum atomic E-state index is 0.591. The molecule has 7 nitrogen and oxygen atoms in total. The molecule has 1 fully saturated rings. The standard InChI is InChI=1S/C19H37N7/c1-5-18-24-23-15-26(18)13-11-21-19(20-10-9-16(3)4)22-14-17-8-7-12-25(17)6-2/h15-17H,5-14H2,1-4H3,(H2,20,21,22). The van der Waals surface area contributed by atoms with E-state index < -0.39 is 0 Å². The molecule has 0 aliphatic carbocycles. The highest BCUT2D eigenvalue weighted by Crippen LogP contribution is 2.16. The van der Waals surface area contributed by atoms with Crippen molar-refractivity contribution in [3.05, 3.63) is 12.2 Å². The van der Waals surface area contributed by atoms with Gasteiger partial charge in [0.25, 0.3) is 0 Å². The van der Waals surface area contributed by atoms with E-state index in [4.69, 9.17) is 4.99 Å². The maximum absolute atomic E-state index is 4.87. The molecule has 2 rings (SSSR count). The molecule has 0 saturated carbocycles. The zero-order chi connectivity index (χ0) is 18.8. The van der Waals surface area contributed by atoms with Crippen molar-refractivity contribution in [2.75, 3.05) is 32.7 Å². The highest BCUT2D eigenvalue weighted by Gasteiger charge is 2.22. The Hall–Kier alpha value is -1.63. The van der Waals surface area contributed by atoms with Gasteiger partial charge in [-0.25, -0.2) is 0 Å². The van der Waals surface area contributed by atoms with Crippen LogP contribution in [0.4, 0.5) is 0 Å². The predicted molar refractivity (Wildman–Crippen MR) is 107 cm³/mol. The summed E-state index contributed by atoms with van der Waals surface area (Å²) in [6, 6.07) is 0.591. The van der Waals surface area contributed by atoms with Crippen LogP contribution >= 0.6 is 0 Å². The van der Waals surface area contributed by atoms with Gasteiger partial charge in [-0.3, -0.25) is 9.89 Å². The average Bonchev–Trinajstić information content (AvgIpc) is 3.27. The fraction of sp³-hybridized carbons (Fsp3) is 0.842. The molecule has 0 amide bonds. The predicted octanol–water partition coefficient (Wildman–Crippen LogP) is 1.91. The molecular formula is C19H37N7. The van der Waals surface area contributed by atoms with E-state index in [1.807, 2.05) is 0 Å². The van der Waals surface area contributed by atoms with Gasteiger partial charge in [0.15, 0.2) is 5.96 Å². The molecule has 1 aliphatic heterocycles. The lowest BCUT2D eigenvalue weighted by atomic mass is 10.1. The Balaban J connectivity index is 1.86. The van der Waals surface area contributed by atoms with Crippen molar-refractivity contribution in [1.29, 1.82) is 0 Å². The average molecular weight is 364 g/mol. The quantitative estimate of drug-likeness (QED) is 0.491. The first-order valence-corrected chi connectivity index (χ1v) is 10.3. The van der Waals surface area contributed by atoms with Gasteiger partial charge in [-0.05, 0) is 38.3 Å². The third-order valence-electron chi connectivity index (χ3n) is 5.04. The van der Waals surface area contributed by atoms with Crippen LogP contribution in [0.1, 0.15) is 52.8 Å². The topological polar surface area (TPSA) is 70.4 Å². The van der Waals surface area contributed by atoms with Crippen molar-refractivity contribution in [3.8, 4) is 0 Å². The molecule has 148 valence electrons. The van der Waals surface area contributed by atoms with Gasteiger partial charge in [0.05, 0.1) is 6.54 Å². The monoisotopic (exact) mass is 363 g/mol. The number of nitrogens with zero attached hydrogens (tertiary/aromatic N) is 5. The summed E-state index contributed by atoms with van der Waals surface area (Å²) in [4.78, 5) is 7.42. The van der Waals surface area contributed by atoms with Gasteiger partial charge >= 0.3 is 0 Å². The number of likely N-dealkylation sites (tertiary alicyclic amines) is 1. The van der Waals surface area contributed by atoms with Gasteiger partial charge in [0.2, 0.25) is 0 Å². The summed E-state index contributed by atoms with van der Waals surface area (Å²) >= 11 is 0. The Bertz CT molecular complexity index is 538. The summed E-state index contributed by atoms with van der Waals surface area (Å²) in [7, 11) is 0. The number of hydrogen-bond acceptors (Lipinski definition) is 4. The maximum atomic E-state index is 4.87. The molecule has 2 N–H and O–H groups in total. The molecule has 1 unspecified atom stereocenters. The van der Waals surface area contributed by atoms with E-state index in [2.05, 4.69) is 58.0 Å². The molecular weight excluding hydrogens is 326 g/mol. The fourth-order valence-corrected chi connectivity index (χ4v) is 3.40. The van der Waals surface area contributed by atoms with Crippen LogP contribution in [0.5, 0.6) is 0 Å². The summed E-state index contributed by atoms with van der Waals surface area (Å²) in [5, 5.41) is 15.1. The Labute approximate surface area is 158 Å². The molecule has 0 radical (unpaired) electrons. The molecule has 1 aromatic heterocycles. The molecule has 1 saturated heterocycles. The van der Waals surface area contributed by atoms with E-state index in [0.717, 1.165) is 57.3 Å². The van der Waals surface area contributed by atoms with Gasteiger partial charge < -0.3 is 15.2 Å². The van der Waals surface area contributed by atoms with Gasteiger partial charge in [-0.2, -0.15) is 0 Å². The smallest absolute Gasteiger partial charge is 0.191 e. The summed E-state index contributed by atoms with van der Waals surface area (Å²) in [6.07, 6.45) is 6.42. The molecule has 7 heteroatoms. The fourth-order valence-electron chi connectivity index (χ4n) is 3.40. The highest BCUT2D eigenvalue weighted by atomic mass is 15.3. The Morgan fingerprint density at radius 1 is 1.31 bits per heavy atom. The van der Waals surface area contributed by atoms with Crippen molar-refractivity contribution in [1.82, 2.24) is 30.3 Å². The van der Waals surface area contributed by atoms with E-state index in [-0.39, 0.29) is 0 Å². The number of guanidine groups is 1. The second kappa shape index (κ2) is 11.2. The van der Waals surface area contributed by atoms with Gasteiger partial charge in [-0.1, -0.05) is 27.7 Å². The van der Waals surface area contributed by atoms with Gasteiger partial charge in [-0.15, -0.1) is 10.2 Å². The number of nitrogens with one attached hydrogen (secondary N) is 2. The lowest BCUT2D eigenvalue weighted by molar-refractivity contribution is 0.273. The molecule has 2 heterocycles. The van der Waals surface area contributed by atoms with Crippen molar-refractivity contribution in [3.63, 3.8) is 0 Å². The van der Waals surface area contributed by atoms with Crippen LogP contribution < -0.4 is 10.6 Å². The number of rotatable bonds is 10. The molecule has 0 spiro atoms. The van der Waals surface area contributed by atoms with Crippen molar-refractivity contribution in [2.24, 2.45) is 10.9 Å². The van der Waals surface area contributed by atoms with Crippen molar-refractivity contribution < 1.29 is 0 Å². The van der Waals surface area contributed by atoms with Gasteiger partial charge in [0.1, 0.15) is 12.2 Å². The third kappa shape index (κ3) is 6.59. The number of aliphatic imine (C=N–C) groups is 1.